The Morgan fingerprint density at radius 2 is 2.00 bits per heavy atom. The summed E-state index contributed by atoms with van der Waals surface area (Å²) in [7, 11) is 0. The fourth-order valence-electron chi connectivity index (χ4n) is 2.57. The highest BCUT2D eigenvalue weighted by atomic mass is 16.6. The lowest BCUT2D eigenvalue weighted by atomic mass is 10.0. The molecule has 0 radical (unpaired) electrons. The number of rotatable bonds is 5. The highest BCUT2D eigenvalue weighted by molar-refractivity contribution is 5.94. The SMILES string of the molecule is CC1=C(C(=O)OCc2ccccc2)[C@@H](c2ccc([N+](=O)[O-])o2)NC(=O)N1. The van der Waals surface area contributed by atoms with Crippen LogP contribution in [0.3, 0.4) is 0 Å². The predicted octanol–water partition coefficient (Wildman–Crippen LogP) is 2.56. The molecule has 26 heavy (non-hydrogen) atoms. The normalized spacial score (nSPS) is 16.7. The van der Waals surface area contributed by atoms with Crippen molar-refractivity contribution >= 4 is 17.9 Å². The number of nitro groups is 1. The Balaban J connectivity index is 1.85. The maximum atomic E-state index is 12.6. The summed E-state index contributed by atoms with van der Waals surface area (Å²) < 4.78 is 10.5. The molecule has 2 amide bonds. The van der Waals surface area contributed by atoms with Crippen LogP contribution in [-0.2, 0) is 16.1 Å². The Hall–Kier alpha value is -3.62. The van der Waals surface area contributed by atoms with E-state index in [9.17, 15) is 19.7 Å². The summed E-state index contributed by atoms with van der Waals surface area (Å²) >= 11 is 0. The summed E-state index contributed by atoms with van der Waals surface area (Å²) in [5, 5.41) is 15.8. The van der Waals surface area contributed by atoms with E-state index in [0.29, 0.717) is 0 Å². The molecular formula is C17H15N3O6. The van der Waals surface area contributed by atoms with Gasteiger partial charge >= 0.3 is 17.9 Å². The number of nitrogens with zero attached hydrogens (tertiary/aromatic N) is 1. The lowest BCUT2D eigenvalue weighted by molar-refractivity contribution is -0.402. The van der Waals surface area contributed by atoms with Gasteiger partial charge in [0.25, 0.3) is 0 Å². The Kier molecular flexibility index (Phi) is 4.70. The third-order valence-corrected chi connectivity index (χ3v) is 3.78. The van der Waals surface area contributed by atoms with Gasteiger partial charge in [0.15, 0.2) is 0 Å². The zero-order chi connectivity index (χ0) is 18.7. The second kappa shape index (κ2) is 7.09. The van der Waals surface area contributed by atoms with Gasteiger partial charge < -0.3 is 19.8 Å². The largest absolute Gasteiger partial charge is 0.457 e. The van der Waals surface area contributed by atoms with Crippen molar-refractivity contribution in [1.82, 2.24) is 10.6 Å². The van der Waals surface area contributed by atoms with Crippen molar-refractivity contribution < 1.29 is 23.7 Å². The van der Waals surface area contributed by atoms with Crippen LogP contribution in [0, 0.1) is 10.1 Å². The summed E-state index contributed by atoms with van der Waals surface area (Å²) in [4.78, 5) is 34.4. The number of allylic oxidation sites excluding steroid dienone is 1. The number of carbonyl (C=O) groups is 2. The topological polar surface area (TPSA) is 124 Å². The van der Waals surface area contributed by atoms with Gasteiger partial charge in [0.05, 0.1) is 11.6 Å². The second-order valence-electron chi connectivity index (χ2n) is 5.56. The maximum Gasteiger partial charge on any atom is 0.433 e. The Bertz CT molecular complexity index is 887. The first-order chi connectivity index (χ1) is 12.5. The molecule has 2 N–H and O–H groups in total. The number of esters is 1. The van der Waals surface area contributed by atoms with Crippen molar-refractivity contribution in [2.75, 3.05) is 0 Å². The van der Waals surface area contributed by atoms with Crippen LogP contribution >= 0.6 is 0 Å². The zero-order valence-electron chi connectivity index (χ0n) is 13.7. The van der Waals surface area contributed by atoms with Crippen molar-refractivity contribution in [2.45, 2.75) is 19.6 Å². The van der Waals surface area contributed by atoms with Crippen molar-refractivity contribution in [1.29, 1.82) is 0 Å². The molecule has 134 valence electrons. The summed E-state index contributed by atoms with van der Waals surface area (Å²) in [6.07, 6.45) is 0. The van der Waals surface area contributed by atoms with Gasteiger partial charge in [0, 0.05) is 5.70 Å². The van der Waals surface area contributed by atoms with Gasteiger partial charge in [-0.25, -0.2) is 9.59 Å². The molecule has 0 saturated carbocycles. The summed E-state index contributed by atoms with van der Waals surface area (Å²) in [6, 6.07) is 10.1. The summed E-state index contributed by atoms with van der Waals surface area (Å²) in [6.45, 7) is 1.59. The number of urea groups is 1. The quantitative estimate of drug-likeness (QED) is 0.481. The molecule has 3 rings (SSSR count). The average molecular weight is 357 g/mol. The van der Waals surface area contributed by atoms with Crippen molar-refractivity contribution in [3.8, 4) is 0 Å². The molecule has 9 heteroatoms. The van der Waals surface area contributed by atoms with E-state index in [0.717, 1.165) is 11.6 Å². The zero-order valence-corrected chi connectivity index (χ0v) is 13.7. The number of furan rings is 1. The molecule has 0 unspecified atom stereocenters. The predicted molar refractivity (Wildman–Crippen MR) is 88.7 cm³/mol. The van der Waals surface area contributed by atoms with E-state index < -0.39 is 28.8 Å². The van der Waals surface area contributed by atoms with E-state index in [1.165, 1.54) is 6.07 Å². The molecule has 2 heterocycles. The number of benzene rings is 1. The number of nitrogens with one attached hydrogen (secondary N) is 2. The summed E-state index contributed by atoms with van der Waals surface area (Å²) in [5.74, 6) is -1.08. The number of carbonyl (C=O) groups excluding carboxylic acids is 2. The Morgan fingerprint density at radius 3 is 2.65 bits per heavy atom. The molecule has 0 fully saturated rings. The number of amides is 2. The fraction of sp³-hybridized carbons (Fsp3) is 0.176. The Labute approximate surface area is 147 Å². The molecule has 0 bridgehead atoms. The maximum absolute atomic E-state index is 12.6. The summed E-state index contributed by atoms with van der Waals surface area (Å²) in [5.41, 5.74) is 1.21. The molecule has 1 atom stereocenters. The molecule has 0 saturated heterocycles. The van der Waals surface area contributed by atoms with Crippen LogP contribution in [0.15, 0.2) is 58.2 Å². The van der Waals surface area contributed by atoms with Gasteiger partial charge in [-0.05, 0) is 18.6 Å². The van der Waals surface area contributed by atoms with E-state index in [4.69, 9.17) is 9.15 Å². The van der Waals surface area contributed by atoms with Crippen LogP contribution in [0.2, 0.25) is 0 Å². The molecule has 9 nitrogen and oxygen atoms in total. The molecule has 1 aliphatic rings. The second-order valence-corrected chi connectivity index (χ2v) is 5.56. The van der Waals surface area contributed by atoms with Crippen LogP contribution < -0.4 is 10.6 Å². The molecule has 1 aromatic heterocycles. The monoisotopic (exact) mass is 357 g/mol. The van der Waals surface area contributed by atoms with Crippen LogP contribution in [-0.4, -0.2) is 16.9 Å². The number of hydrogen-bond donors (Lipinski definition) is 2. The van der Waals surface area contributed by atoms with E-state index in [-0.39, 0.29) is 23.6 Å². The van der Waals surface area contributed by atoms with Crippen LogP contribution in [0.4, 0.5) is 10.7 Å². The first kappa shape index (κ1) is 17.2. The van der Waals surface area contributed by atoms with Crippen LogP contribution in [0.25, 0.3) is 0 Å². The van der Waals surface area contributed by atoms with Gasteiger partial charge in [-0.2, -0.15) is 0 Å². The van der Waals surface area contributed by atoms with Gasteiger partial charge in [0.2, 0.25) is 0 Å². The lowest BCUT2D eigenvalue weighted by Crippen LogP contribution is -2.45. The van der Waals surface area contributed by atoms with Crippen LogP contribution in [0.1, 0.15) is 24.3 Å². The van der Waals surface area contributed by atoms with Crippen molar-refractivity contribution in [3.63, 3.8) is 0 Å². The smallest absolute Gasteiger partial charge is 0.433 e. The minimum Gasteiger partial charge on any atom is -0.457 e. The number of ether oxygens (including phenoxy) is 1. The van der Waals surface area contributed by atoms with Crippen molar-refractivity contribution in [3.05, 3.63) is 75.2 Å². The van der Waals surface area contributed by atoms with Crippen LogP contribution in [0.5, 0.6) is 0 Å². The van der Waals surface area contributed by atoms with Gasteiger partial charge in [0.1, 0.15) is 23.3 Å². The third kappa shape index (κ3) is 3.56. The minimum absolute atomic E-state index is 0.0510. The van der Waals surface area contributed by atoms with Gasteiger partial charge in [-0.3, -0.25) is 10.1 Å². The van der Waals surface area contributed by atoms with E-state index in [1.807, 2.05) is 30.3 Å². The molecule has 0 aliphatic carbocycles. The molecule has 1 aromatic carbocycles. The lowest BCUT2D eigenvalue weighted by Gasteiger charge is -2.26. The average Bonchev–Trinajstić information content (AvgIpc) is 3.10. The van der Waals surface area contributed by atoms with E-state index >= 15 is 0 Å². The number of hydrogen-bond acceptors (Lipinski definition) is 6. The van der Waals surface area contributed by atoms with Crippen molar-refractivity contribution in [2.24, 2.45) is 0 Å². The highest BCUT2D eigenvalue weighted by Crippen LogP contribution is 2.31. The van der Waals surface area contributed by atoms with E-state index in [1.54, 1.807) is 6.92 Å². The first-order valence-electron chi connectivity index (χ1n) is 7.69. The van der Waals surface area contributed by atoms with E-state index in [2.05, 4.69) is 10.6 Å². The van der Waals surface area contributed by atoms with Gasteiger partial charge in [-0.15, -0.1) is 0 Å². The molecule has 0 spiro atoms. The first-order valence-corrected chi connectivity index (χ1v) is 7.69. The third-order valence-electron chi connectivity index (χ3n) is 3.78. The standard InChI is InChI=1S/C17H15N3O6/c1-10-14(16(21)25-9-11-5-3-2-4-6-11)15(19-17(22)18-10)12-7-8-13(26-12)20(23)24/h2-8,15H,9H2,1H3,(H2,18,19,22)/t15-/m1/s1. The molecular weight excluding hydrogens is 342 g/mol. The minimum atomic E-state index is -0.985. The van der Waals surface area contributed by atoms with Gasteiger partial charge in [-0.1, -0.05) is 30.3 Å². The molecule has 1 aliphatic heterocycles. The Morgan fingerprint density at radius 1 is 1.27 bits per heavy atom. The fourth-order valence-corrected chi connectivity index (χ4v) is 2.57. The highest BCUT2D eigenvalue weighted by Gasteiger charge is 2.35. The molecule has 2 aromatic rings.